The van der Waals surface area contributed by atoms with Crippen molar-refractivity contribution < 1.29 is 18.0 Å². The molecule has 1 saturated carbocycles. The third-order valence-corrected chi connectivity index (χ3v) is 5.24. The summed E-state index contributed by atoms with van der Waals surface area (Å²) in [5.74, 6) is -0.743. The Labute approximate surface area is 164 Å². The molecule has 0 spiro atoms. The van der Waals surface area contributed by atoms with E-state index in [-0.39, 0.29) is 46.7 Å². The quantitative estimate of drug-likeness (QED) is 0.553. The topological polar surface area (TPSA) is 59.2 Å². The summed E-state index contributed by atoms with van der Waals surface area (Å²) < 4.78 is 33.2. The highest BCUT2D eigenvalue weighted by Gasteiger charge is 2.33. The Morgan fingerprint density at radius 2 is 1.79 bits per heavy atom. The summed E-state index contributed by atoms with van der Waals surface area (Å²) in [7, 11) is 0. The van der Waals surface area contributed by atoms with Crippen molar-refractivity contribution in [3.63, 3.8) is 0 Å². The Kier molecular flexibility index (Phi) is 5.38. The number of carbonyl (C=O) groups is 1. The zero-order valence-corrected chi connectivity index (χ0v) is 15.7. The van der Waals surface area contributed by atoms with E-state index in [0.717, 1.165) is 24.6 Å². The number of hydrogen-bond donors (Lipinski definition) is 0. The van der Waals surface area contributed by atoms with Gasteiger partial charge < -0.3 is 9.32 Å². The number of hydrogen-bond acceptors (Lipinski definition) is 5. The van der Waals surface area contributed by atoms with Gasteiger partial charge in [0, 0.05) is 18.2 Å². The number of carbonyl (C=O) groups excluding carboxylic acids is 1. The van der Waals surface area contributed by atoms with Gasteiger partial charge in [-0.15, -0.1) is 10.2 Å². The van der Waals surface area contributed by atoms with Crippen LogP contribution in [0.15, 0.2) is 58.2 Å². The Morgan fingerprint density at radius 3 is 2.50 bits per heavy atom. The molecule has 1 heterocycles. The second kappa shape index (κ2) is 8.10. The van der Waals surface area contributed by atoms with E-state index in [1.165, 1.54) is 12.1 Å². The lowest BCUT2D eigenvalue weighted by Gasteiger charge is -2.22. The van der Waals surface area contributed by atoms with Crippen molar-refractivity contribution >= 4 is 17.7 Å². The molecule has 0 N–H and O–H groups in total. The van der Waals surface area contributed by atoms with Crippen LogP contribution in [0.5, 0.6) is 0 Å². The van der Waals surface area contributed by atoms with Gasteiger partial charge in [0.05, 0.1) is 11.3 Å². The van der Waals surface area contributed by atoms with Crippen molar-refractivity contribution in [3.8, 4) is 11.5 Å². The maximum atomic E-state index is 13.9. The Balaban J connectivity index is 1.40. The molecule has 3 aromatic rings. The lowest BCUT2D eigenvalue weighted by molar-refractivity contribution is -0.129. The van der Waals surface area contributed by atoms with Crippen molar-refractivity contribution in [2.45, 2.75) is 30.7 Å². The van der Waals surface area contributed by atoms with Crippen molar-refractivity contribution in [2.24, 2.45) is 0 Å². The van der Waals surface area contributed by atoms with E-state index < -0.39 is 5.82 Å². The van der Waals surface area contributed by atoms with E-state index >= 15 is 0 Å². The van der Waals surface area contributed by atoms with Gasteiger partial charge >= 0.3 is 0 Å². The van der Waals surface area contributed by atoms with E-state index in [2.05, 4.69) is 10.2 Å². The van der Waals surface area contributed by atoms with E-state index in [1.807, 2.05) is 0 Å². The van der Waals surface area contributed by atoms with E-state index in [1.54, 1.807) is 41.3 Å². The Morgan fingerprint density at radius 1 is 1.07 bits per heavy atom. The van der Waals surface area contributed by atoms with Crippen LogP contribution in [-0.2, 0) is 11.3 Å². The first-order valence-corrected chi connectivity index (χ1v) is 9.84. The molecule has 5 nitrogen and oxygen atoms in total. The second-order valence-corrected chi connectivity index (χ2v) is 7.41. The minimum absolute atomic E-state index is 0.0680. The minimum atomic E-state index is -0.455. The lowest BCUT2D eigenvalue weighted by Crippen LogP contribution is -2.34. The molecule has 1 amide bonds. The smallest absolute Gasteiger partial charge is 0.277 e. The van der Waals surface area contributed by atoms with Crippen LogP contribution in [-0.4, -0.2) is 32.8 Å². The molecule has 2 aromatic carbocycles. The van der Waals surface area contributed by atoms with Gasteiger partial charge in [-0.05, 0) is 31.0 Å². The van der Waals surface area contributed by atoms with Crippen LogP contribution in [0.4, 0.5) is 8.78 Å². The van der Waals surface area contributed by atoms with Crippen molar-refractivity contribution in [1.29, 1.82) is 0 Å². The van der Waals surface area contributed by atoms with Gasteiger partial charge in [0.1, 0.15) is 11.6 Å². The highest BCUT2D eigenvalue weighted by atomic mass is 32.2. The van der Waals surface area contributed by atoms with Crippen LogP contribution in [0.1, 0.15) is 18.4 Å². The molecule has 1 aromatic heterocycles. The van der Waals surface area contributed by atoms with Crippen LogP contribution in [0.3, 0.4) is 0 Å². The van der Waals surface area contributed by atoms with Crippen molar-refractivity contribution in [2.75, 3.05) is 5.75 Å². The first kappa shape index (κ1) is 18.6. The number of nitrogens with zero attached hydrogens (tertiary/aromatic N) is 3. The predicted octanol–water partition coefficient (Wildman–Crippen LogP) is 4.30. The highest BCUT2D eigenvalue weighted by molar-refractivity contribution is 7.99. The zero-order valence-electron chi connectivity index (χ0n) is 14.8. The Hall–Kier alpha value is -2.74. The maximum absolute atomic E-state index is 13.9. The molecule has 0 saturated heterocycles. The van der Waals surface area contributed by atoms with Crippen LogP contribution in [0, 0.1) is 11.6 Å². The van der Waals surface area contributed by atoms with Crippen LogP contribution in [0.2, 0.25) is 0 Å². The fourth-order valence-electron chi connectivity index (χ4n) is 2.84. The largest absolute Gasteiger partial charge is 0.411 e. The average molecular weight is 401 g/mol. The van der Waals surface area contributed by atoms with Crippen LogP contribution in [0.25, 0.3) is 11.5 Å². The third-order valence-electron chi connectivity index (χ3n) is 4.44. The molecule has 8 heteroatoms. The molecule has 0 aliphatic heterocycles. The highest BCUT2D eigenvalue weighted by Crippen LogP contribution is 2.31. The first-order chi connectivity index (χ1) is 13.6. The van der Waals surface area contributed by atoms with Gasteiger partial charge in [-0.1, -0.05) is 42.1 Å². The molecule has 0 bridgehead atoms. The number of halogens is 2. The number of rotatable bonds is 7. The number of benzene rings is 2. The Bertz CT molecular complexity index is 991. The molecule has 1 fully saturated rings. The SMILES string of the molecule is O=C(CSc1nnc(-c2ccccc2F)o1)N(Cc1ccccc1F)C1CC1. The molecular formula is C20H17F2N3O2S. The standard InChI is InChI=1S/C20H17F2N3O2S/c21-16-7-3-1-5-13(16)11-25(14-9-10-14)18(26)12-28-20-24-23-19(27-20)15-6-2-4-8-17(15)22/h1-8,14H,9-12H2. The third kappa shape index (κ3) is 4.22. The minimum Gasteiger partial charge on any atom is -0.411 e. The van der Waals surface area contributed by atoms with E-state index in [4.69, 9.17) is 4.42 Å². The molecule has 144 valence electrons. The predicted molar refractivity (Wildman–Crippen MR) is 100 cm³/mol. The normalized spacial score (nSPS) is 13.5. The molecule has 1 aliphatic rings. The van der Waals surface area contributed by atoms with Gasteiger partial charge in [-0.2, -0.15) is 0 Å². The summed E-state index contributed by atoms with van der Waals surface area (Å²) in [4.78, 5) is 14.4. The van der Waals surface area contributed by atoms with Gasteiger partial charge in [0.2, 0.25) is 5.91 Å². The monoisotopic (exact) mass is 401 g/mol. The van der Waals surface area contributed by atoms with E-state index in [0.29, 0.717) is 5.56 Å². The summed E-state index contributed by atoms with van der Waals surface area (Å²) in [5.41, 5.74) is 0.708. The van der Waals surface area contributed by atoms with Gasteiger partial charge in [0.25, 0.3) is 11.1 Å². The fourth-order valence-corrected chi connectivity index (χ4v) is 3.48. The summed E-state index contributed by atoms with van der Waals surface area (Å²) in [6.45, 7) is 0.237. The van der Waals surface area contributed by atoms with Gasteiger partial charge in [0.15, 0.2) is 0 Å². The first-order valence-electron chi connectivity index (χ1n) is 8.86. The zero-order chi connectivity index (χ0) is 19.5. The number of amides is 1. The molecule has 0 atom stereocenters. The summed E-state index contributed by atoms with van der Waals surface area (Å²) >= 11 is 1.09. The second-order valence-electron chi connectivity index (χ2n) is 6.49. The number of thioether (sulfide) groups is 1. The summed E-state index contributed by atoms with van der Waals surface area (Å²) in [5, 5.41) is 7.91. The van der Waals surface area contributed by atoms with Crippen molar-refractivity contribution in [3.05, 3.63) is 65.7 Å². The average Bonchev–Trinajstić information content (AvgIpc) is 3.43. The van der Waals surface area contributed by atoms with E-state index in [9.17, 15) is 13.6 Å². The summed E-state index contributed by atoms with van der Waals surface area (Å²) in [6.07, 6.45) is 1.84. The molecule has 0 unspecified atom stereocenters. The van der Waals surface area contributed by atoms with Crippen LogP contribution < -0.4 is 0 Å². The molecular weight excluding hydrogens is 384 g/mol. The fraction of sp³-hybridized carbons (Fsp3) is 0.250. The molecule has 4 rings (SSSR count). The van der Waals surface area contributed by atoms with Gasteiger partial charge in [-0.25, -0.2) is 8.78 Å². The van der Waals surface area contributed by atoms with Crippen molar-refractivity contribution in [1.82, 2.24) is 15.1 Å². The summed E-state index contributed by atoms with van der Waals surface area (Å²) in [6, 6.07) is 12.7. The lowest BCUT2D eigenvalue weighted by atomic mass is 10.2. The molecule has 28 heavy (non-hydrogen) atoms. The molecule has 1 aliphatic carbocycles. The van der Waals surface area contributed by atoms with Gasteiger partial charge in [-0.3, -0.25) is 4.79 Å². The maximum Gasteiger partial charge on any atom is 0.277 e. The molecule has 0 radical (unpaired) electrons. The van der Waals surface area contributed by atoms with Crippen LogP contribution >= 0.6 is 11.8 Å². The number of aromatic nitrogens is 2.